The van der Waals surface area contributed by atoms with E-state index in [-0.39, 0.29) is 29.9 Å². The van der Waals surface area contributed by atoms with Crippen LogP contribution in [0, 0.1) is 12.8 Å². The lowest BCUT2D eigenvalue weighted by molar-refractivity contribution is -0.121. The topological polar surface area (TPSA) is 117 Å². The van der Waals surface area contributed by atoms with E-state index in [1.165, 1.54) is 0 Å². The minimum absolute atomic E-state index is 0.0869. The predicted octanol–water partition coefficient (Wildman–Crippen LogP) is -0.317. The van der Waals surface area contributed by atoms with Crippen LogP contribution in [-0.2, 0) is 22.4 Å². The highest BCUT2D eigenvalue weighted by Gasteiger charge is 2.29. The number of rotatable bonds is 5. The van der Waals surface area contributed by atoms with Gasteiger partial charge in [-0.25, -0.2) is 4.79 Å². The third-order valence-corrected chi connectivity index (χ3v) is 4.38. The van der Waals surface area contributed by atoms with Gasteiger partial charge in [-0.3, -0.25) is 19.6 Å². The molecule has 0 bridgehead atoms. The molecule has 3 heterocycles. The van der Waals surface area contributed by atoms with Crippen LogP contribution in [0.4, 0.5) is 0 Å². The SMILES string of the molecule is Cc1[nH]c(=O)[nH]c(=O)c1CC(=O)N[C@@H]1COC[C@H]1Cc1ccncc1. The molecule has 8 nitrogen and oxygen atoms in total. The third-order valence-electron chi connectivity index (χ3n) is 4.38. The number of aromatic nitrogens is 3. The molecule has 3 rings (SSSR count). The van der Waals surface area contributed by atoms with Gasteiger partial charge in [-0.1, -0.05) is 0 Å². The fourth-order valence-electron chi connectivity index (χ4n) is 3.04. The highest BCUT2D eigenvalue weighted by Crippen LogP contribution is 2.19. The minimum atomic E-state index is -0.576. The zero-order valence-electron chi connectivity index (χ0n) is 13.9. The molecule has 0 radical (unpaired) electrons. The Bertz CT molecular complexity index is 859. The van der Waals surface area contributed by atoms with E-state index in [9.17, 15) is 14.4 Å². The highest BCUT2D eigenvalue weighted by atomic mass is 16.5. The van der Waals surface area contributed by atoms with Gasteiger partial charge in [0, 0.05) is 29.6 Å². The Hall–Kier alpha value is -2.74. The van der Waals surface area contributed by atoms with Crippen molar-refractivity contribution in [1.82, 2.24) is 20.3 Å². The largest absolute Gasteiger partial charge is 0.379 e. The molecule has 0 unspecified atom stereocenters. The van der Waals surface area contributed by atoms with Crippen molar-refractivity contribution in [3.05, 3.63) is 62.2 Å². The number of pyridine rings is 1. The van der Waals surface area contributed by atoms with E-state index in [1.54, 1.807) is 19.3 Å². The summed E-state index contributed by atoms with van der Waals surface area (Å²) >= 11 is 0. The van der Waals surface area contributed by atoms with Gasteiger partial charge in [0.1, 0.15) is 0 Å². The Morgan fingerprint density at radius 3 is 2.76 bits per heavy atom. The minimum Gasteiger partial charge on any atom is -0.379 e. The number of hydrogen-bond donors (Lipinski definition) is 3. The van der Waals surface area contributed by atoms with Gasteiger partial charge >= 0.3 is 5.69 Å². The van der Waals surface area contributed by atoms with Crippen molar-refractivity contribution >= 4 is 5.91 Å². The standard InChI is InChI=1S/C17H20N4O4/c1-10-13(16(23)21-17(24)19-10)7-15(22)20-14-9-25-8-12(14)6-11-2-4-18-5-3-11/h2-5,12,14H,6-9H2,1H3,(H,20,22)(H2,19,21,23,24)/t12-,14-/m1/s1. The molecule has 0 spiro atoms. The van der Waals surface area contributed by atoms with Gasteiger partial charge in [-0.05, 0) is 31.0 Å². The van der Waals surface area contributed by atoms with Crippen LogP contribution < -0.4 is 16.6 Å². The molecule has 132 valence electrons. The van der Waals surface area contributed by atoms with E-state index >= 15 is 0 Å². The molecule has 0 aromatic carbocycles. The molecule has 1 fully saturated rings. The number of aromatic amines is 2. The zero-order chi connectivity index (χ0) is 17.8. The first-order valence-corrected chi connectivity index (χ1v) is 8.11. The van der Waals surface area contributed by atoms with Crippen molar-refractivity contribution in [3.8, 4) is 0 Å². The van der Waals surface area contributed by atoms with Gasteiger partial charge in [-0.15, -0.1) is 0 Å². The normalized spacial score (nSPS) is 19.7. The molecule has 3 N–H and O–H groups in total. The highest BCUT2D eigenvalue weighted by molar-refractivity contribution is 5.79. The van der Waals surface area contributed by atoms with Crippen LogP contribution in [-0.4, -0.2) is 40.1 Å². The van der Waals surface area contributed by atoms with Gasteiger partial charge in [-0.2, -0.15) is 0 Å². The van der Waals surface area contributed by atoms with Gasteiger partial charge in [0.2, 0.25) is 5.91 Å². The Morgan fingerprint density at radius 2 is 2.04 bits per heavy atom. The van der Waals surface area contributed by atoms with Crippen molar-refractivity contribution < 1.29 is 9.53 Å². The summed E-state index contributed by atoms with van der Waals surface area (Å²) in [6.07, 6.45) is 4.18. The Balaban J connectivity index is 1.64. The summed E-state index contributed by atoms with van der Waals surface area (Å²) in [6.45, 7) is 2.62. The molecular formula is C17H20N4O4. The molecule has 1 saturated heterocycles. The first-order valence-electron chi connectivity index (χ1n) is 8.11. The number of ether oxygens (including phenoxy) is 1. The smallest absolute Gasteiger partial charge is 0.325 e. The number of H-pyrrole nitrogens is 2. The quantitative estimate of drug-likeness (QED) is 0.687. The first-order chi connectivity index (χ1) is 12.0. The van der Waals surface area contributed by atoms with Crippen LogP contribution in [0.2, 0.25) is 0 Å². The molecule has 8 heteroatoms. The molecule has 0 saturated carbocycles. The third kappa shape index (κ3) is 4.21. The summed E-state index contributed by atoms with van der Waals surface area (Å²) in [4.78, 5) is 44.0. The fourth-order valence-corrected chi connectivity index (χ4v) is 3.04. The molecule has 2 atom stereocenters. The Morgan fingerprint density at radius 1 is 1.28 bits per heavy atom. The molecule has 2 aromatic heterocycles. The van der Waals surface area contributed by atoms with Crippen molar-refractivity contribution in [3.63, 3.8) is 0 Å². The van der Waals surface area contributed by atoms with E-state index in [0.29, 0.717) is 18.9 Å². The molecule has 1 aliphatic rings. The van der Waals surface area contributed by atoms with Crippen molar-refractivity contribution in [2.75, 3.05) is 13.2 Å². The second kappa shape index (κ2) is 7.43. The van der Waals surface area contributed by atoms with E-state index in [0.717, 1.165) is 12.0 Å². The van der Waals surface area contributed by atoms with Crippen LogP contribution in [0.25, 0.3) is 0 Å². The number of aryl methyl sites for hydroxylation is 1. The predicted molar refractivity (Wildman–Crippen MR) is 90.3 cm³/mol. The number of nitrogens with one attached hydrogen (secondary N) is 3. The second-order valence-corrected chi connectivity index (χ2v) is 6.22. The van der Waals surface area contributed by atoms with Gasteiger partial charge in [0.05, 0.1) is 25.7 Å². The van der Waals surface area contributed by atoms with Crippen molar-refractivity contribution in [2.24, 2.45) is 5.92 Å². The van der Waals surface area contributed by atoms with Crippen LogP contribution in [0.5, 0.6) is 0 Å². The Kier molecular flexibility index (Phi) is 5.08. The number of nitrogens with zero attached hydrogens (tertiary/aromatic N) is 1. The van der Waals surface area contributed by atoms with Crippen molar-refractivity contribution in [2.45, 2.75) is 25.8 Å². The maximum absolute atomic E-state index is 12.3. The summed E-state index contributed by atoms with van der Waals surface area (Å²) in [7, 11) is 0. The Labute approximate surface area is 143 Å². The van der Waals surface area contributed by atoms with Crippen LogP contribution in [0.1, 0.15) is 16.8 Å². The number of amides is 1. The maximum atomic E-state index is 12.3. The number of carbonyl (C=O) groups excluding carboxylic acids is 1. The van der Waals surface area contributed by atoms with Gasteiger partial charge in [0.15, 0.2) is 0 Å². The molecule has 1 amide bonds. The summed E-state index contributed by atoms with van der Waals surface area (Å²) in [5.41, 5.74) is 0.694. The van der Waals surface area contributed by atoms with Crippen LogP contribution in [0.15, 0.2) is 34.1 Å². The average Bonchev–Trinajstić information content (AvgIpc) is 2.98. The van der Waals surface area contributed by atoms with Crippen LogP contribution in [0.3, 0.4) is 0 Å². The summed E-state index contributed by atoms with van der Waals surface area (Å²) in [6, 6.07) is 3.78. The van der Waals surface area contributed by atoms with Gasteiger partial charge in [0.25, 0.3) is 5.56 Å². The summed E-state index contributed by atoms with van der Waals surface area (Å²) < 4.78 is 5.51. The van der Waals surface area contributed by atoms with E-state index in [2.05, 4.69) is 20.3 Å². The maximum Gasteiger partial charge on any atom is 0.325 e. The lowest BCUT2D eigenvalue weighted by Gasteiger charge is -2.19. The molecule has 1 aliphatic heterocycles. The fraction of sp³-hybridized carbons (Fsp3) is 0.412. The molecular weight excluding hydrogens is 324 g/mol. The average molecular weight is 344 g/mol. The zero-order valence-corrected chi connectivity index (χ0v) is 13.9. The summed E-state index contributed by atoms with van der Waals surface area (Å²) in [5, 5.41) is 2.94. The molecule has 2 aromatic rings. The van der Waals surface area contributed by atoms with E-state index in [4.69, 9.17) is 4.74 Å². The lowest BCUT2D eigenvalue weighted by atomic mass is 9.95. The number of carbonyl (C=O) groups is 1. The lowest BCUT2D eigenvalue weighted by Crippen LogP contribution is -2.42. The van der Waals surface area contributed by atoms with Crippen LogP contribution >= 0.6 is 0 Å². The van der Waals surface area contributed by atoms with Crippen molar-refractivity contribution in [1.29, 1.82) is 0 Å². The van der Waals surface area contributed by atoms with Gasteiger partial charge < -0.3 is 15.0 Å². The molecule has 0 aliphatic carbocycles. The monoisotopic (exact) mass is 344 g/mol. The first kappa shape index (κ1) is 17.1. The number of hydrogen-bond acceptors (Lipinski definition) is 5. The van der Waals surface area contributed by atoms with E-state index in [1.807, 2.05) is 12.1 Å². The molecule has 25 heavy (non-hydrogen) atoms. The second-order valence-electron chi connectivity index (χ2n) is 6.22. The summed E-state index contributed by atoms with van der Waals surface area (Å²) in [5.74, 6) is -0.0998. The van der Waals surface area contributed by atoms with E-state index < -0.39 is 11.2 Å².